The SMILES string of the molecule is [CH2-]CNC(=O)CN(CC(=O)NC[CH2-])CN(CC(=O)NC[CH2-])CC(=O)NC[CH2-]. The van der Waals surface area contributed by atoms with E-state index in [9.17, 15) is 19.2 Å². The average Bonchev–Trinajstić information content (AvgIpc) is 2.55. The van der Waals surface area contributed by atoms with E-state index in [1.54, 1.807) is 0 Å². The predicted octanol–water partition coefficient (Wildman–Crippen LogP) is -2.65. The molecule has 0 aromatic heterocycles. The third kappa shape index (κ3) is 12.7. The van der Waals surface area contributed by atoms with Gasteiger partial charge in [-0.15, -0.1) is 26.2 Å². The van der Waals surface area contributed by atoms with Crippen LogP contribution in [0, 0.1) is 27.7 Å². The van der Waals surface area contributed by atoms with Gasteiger partial charge in [-0.25, -0.2) is 0 Å². The summed E-state index contributed by atoms with van der Waals surface area (Å²) in [7, 11) is 0. The zero-order chi connectivity index (χ0) is 20.7. The lowest BCUT2D eigenvalue weighted by Gasteiger charge is -2.29. The summed E-state index contributed by atoms with van der Waals surface area (Å²) in [5.41, 5.74) is 0. The Labute approximate surface area is 161 Å². The second-order valence-corrected chi connectivity index (χ2v) is 5.52. The first kappa shape index (κ1) is 24.8. The highest BCUT2D eigenvalue weighted by atomic mass is 16.2. The van der Waals surface area contributed by atoms with Crippen LogP contribution in [0.3, 0.4) is 0 Å². The van der Waals surface area contributed by atoms with Gasteiger partial charge in [0.05, 0.1) is 32.8 Å². The molecule has 0 atom stereocenters. The molecule has 0 saturated carbocycles. The Bertz CT molecular complexity index is 404. The van der Waals surface area contributed by atoms with Gasteiger partial charge in [0.1, 0.15) is 0 Å². The molecule has 4 N–H and O–H groups in total. The standard InChI is InChI=1S/C17H30N6O4/c1-5-18-14(24)9-22(10-15(25)19-6-2)13-23(11-16(26)20-7-3)12-17(27)21-8-4/h1-13H2,(H,18,24)(H,19,25)(H,20,26)(H,21,27)/q-4. The number of hydrogen-bond acceptors (Lipinski definition) is 6. The molecule has 0 aliphatic heterocycles. The van der Waals surface area contributed by atoms with Gasteiger partial charge >= 0.3 is 0 Å². The molecule has 0 fully saturated rings. The van der Waals surface area contributed by atoms with Crippen LogP contribution < -0.4 is 21.3 Å². The molecule has 0 spiro atoms. The minimum absolute atomic E-state index is 0.0459. The van der Waals surface area contributed by atoms with Crippen molar-refractivity contribution in [3.8, 4) is 0 Å². The first-order valence-electron chi connectivity index (χ1n) is 8.54. The van der Waals surface area contributed by atoms with E-state index in [-0.39, 0.29) is 82.7 Å². The van der Waals surface area contributed by atoms with E-state index in [4.69, 9.17) is 0 Å². The summed E-state index contributed by atoms with van der Waals surface area (Å²) in [4.78, 5) is 50.6. The molecule has 0 aliphatic carbocycles. The summed E-state index contributed by atoms with van der Waals surface area (Å²) in [6.07, 6.45) is 0. The highest BCUT2D eigenvalue weighted by Crippen LogP contribution is 1.96. The van der Waals surface area contributed by atoms with Crippen LogP contribution in [0.15, 0.2) is 0 Å². The van der Waals surface area contributed by atoms with E-state index in [1.165, 1.54) is 9.80 Å². The maximum atomic E-state index is 11.9. The van der Waals surface area contributed by atoms with Gasteiger partial charge < -0.3 is 49.0 Å². The van der Waals surface area contributed by atoms with Crippen molar-refractivity contribution in [1.82, 2.24) is 31.1 Å². The van der Waals surface area contributed by atoms with Crippen molar-refractivity contribution < 1.29 is 19.2 Å². The van der Waals surface area contributed by atoms with Crippen LogP contribution in [0.4, 0.5) is 0 Å². The second-order valence-electron chi connectivity index (χ2n) is 5.52. The largest absolute Gasteiger partial charge is 0.385 e. The Morgan fingerprint density at radius 2 is 0.741 bits per heavy atom. The van der Waals surface area contributed by atoms with Gasteiger partial charge in [0, 0.05) is 0 Å². The normalized spacial score (nSPS) is 10.6. The van der Waals surface area contributed by atoms with E-state index in [0.29, 0.717) is 0 Å². The molecular formula is C17H30N6O4-4. The van der Waals surface area contributed by atoms with Crippen LogP contribution in [0.5, 0.6) is 0 Å². The first-order valence-corrected chi connectivity index (χ1v) is 8.54. The summed E-state index contributed by atoms with van der Waals surface area (Å²) in [6.45, 7) is 14.7. The molecule has 0 rings (SSSR count). The number of amides is 4. The third-order valence-electron chi connectivity index (χ3n) is 3.16. The van der Waals surface area contributed by atoms with Gasteiger partial charge in [-0.05, 0) is 0 Å². The van der Waals surface area contributed by atoms with Gasteiger partial charge in [-0.2, -0.15) is 0 Å². The van der Waals surface area contributed by atoms with Crippen molar-refractivity contribution >= 4 is 23.6 Å². The van der Waals surface area contributed by atoms with Crippen molar-refractivity contribution in [1.29, 1.82) is 0 Å². The van der Waals surface area contributed by atoms with Gasteiger partial charge in [0.2, 0.25) is 23.6 Å². The Morgan fingerprint density at radius 1 is 0.519 bits per heavy atom. The molecule has 27 heavy (non-hydrogen) atoms. The zero-order valence-corrected chi connectivity index (χ0v) is 15.7. The van der Waals surface area contributed by atoms with Gasteiger partial charge in [0.25, 0.3) is 0 Å². The summed E-state index contributed by atoms with van der Waals surface area (Å²) >= 11 is 0. The predicted molar refractivity (Wildman–Crippen MR) is 101 cm³/mol. The molecule has 0 bridgehead atoms. The van der Waals surface area contributed by atoms with Gasteiger partial charge in [0.15, 0.2) is 0 Å². The molecule has 0 unspecified atom stereocenters. The maximum absolute atomic E-state index is 11.9. The van der Waals surface area contributed by atoms with E-state index in [1.807, 2.05) is 0 Å². The molecule has 0 aliphatic rings. The monoisotopic (exact) mass is 382 g/mol. The fourth-order valence-electron chi connectivity index (χ4n) is 2.19. The lowest BCUT2D eigenvalue weighted by atomic mass is 10.4. The highest BCUT2D eigenvalue weighted by Gasteiger charge is 2.20. The molecule has 10 nitrogen and oxygen atoms in total. The Morgan fingerprint density at radius 3 is 0.926 bits per heavy atom. The first-order chi connectivity index (χ1) is 12.9. The van der Waals surface area contributed by atoms with Crippen LogP contribution in [0.1, 0.15) is 0 Å². The van der Waals surface area contributed by atoms with Crippen molar-refractivity contribution in [2.24, 2.45) is 0 Å². The minimum atomic E-state index is -0.322. The van der Waals surface area contributed by atoms with Crippen molar-refractivity contribution in [3.63, 3.8) is 0 Å². The van der Waals surface area contributed by atoms with Crippen LogP contribution in [0.2, 0.25) is 0 Å². The van der Waals surface area contributed by atoms with Crippen LogP contribution in [-0.2, 0) is 19.2 Å². The summed E-state index contributed by atoms with van der Waals surface area (Å²) in [6, 6.07) is 0. The summed E-state index contributed by atoms with van der Waals surface area (Å²) < 4.78 is 0. The number of hydrogen-bond donors (Lipinski definition) is 4. The number of carbonyl (C=O) groups excluding carboxylic acids is 4. The molecule has 156 valence electrons. The lowest BCUT2D eigenvalue weighted by Crippen LogP contribution is -2.51. The fourth-order valence-corrected chi connectivity index (χ4v) is 2.19. The molecule has 0 saturated heterocycles. The number of nitrogens with zero attached hydrogens (tertiary/aromatic N) is 2. The van der Waals surface area contributed by atoms with Crippen molar-refractivity contribution in [3.05, 3.63) is 27.7 Å². The van der Waals surface area contributed by atoms with E-state index < -0.39 is 0 Å². The number of carbonyl (C=O) groups is 4. The summed E-state index contributed by atoms with van der Waals surface area (Å²) in [5.74, 6) is -1.29. The summed E-state index contributed by atoms with van der Waals surface area (Å²) in [5, 5.41) is 10.2. The smallest absolute Gasteiger partial charge is 0.231 e. The van der Waals surface area contributed by atoms with E-state index in [0.717, 1.165) is 0 Å². The van der Waals surface area contributed by atoms with E-state index >= 15 is 0 Å². The van der Waals surface area contributed by atoms with Crippen LogP contribution in [0.25, 0.3) is 0 Å². The van der Waals surface area contributed by atoms with Crippen molar-refractivity contribution in [2.45, 2.75) is 0 Å². The highest BCUT2D eigenvalue weighted by molar-refractivity contribution is 5.82. The Balaban J connectivity index is 5.13. The molecular weight excluding hydrogens is 352 g/mol. The molecule has 0 radical (unpaired) electrons. The molecule has 0 aromatic rings. The lowest BCUT2D eigenvalue weighted by molar-refractivity contribution is -0.127. The Kier molecular flexibility index (Phi) is 13.7. The third-order valence-corrected chi connectivity index (χ3v) is 3.16. The van der Waals surface area contributed by atoms with Crippen molar-refractivity contribution in [2.75, 3.05) is 59.0 Å². The molecule has 0 aromatic carbocycles. The number of rotatable bonds is 14. The minimum Gasteiger partial charge on any atom is -0.385 e. The topological polar surface area (TPSA) is 123 Å². The maximum Gasteiger partial charge on any atom is 0.231 e. The van der Waals surface area contributed by atoms with Crippen LogP contribution in [-0.4, -0.2) is 92.5 Å². The zero-order valence-electron chi connectivity index (χ0n) is 15.7. The van der Waals surface area contributed by atoms with Gasteiger partial charge in [-0.3, -0.25) is 29.0 Å². The second kappa shape index (κ2) is 14.9. The quantitative estimate of drug-likeness (QED) is 0.192. The Hall–Kier alpha value is -2.20. The van der Waals surface area contributed by atoms with Gasteiger partial charge in [-0.1, -0.05) is 0 Å². The average molecular weight is 382 g/mol. The molecule has 0 heterocycles. The molecule has 4 amide bonds. The van der Waals surface area contributed by atoms with Crippen LogP contribution >= 0.6 is 0 Å². The fraction of sp³-hybridized carbons (Fsp3) is 0.529. The van der Waals surface area contributed by atoms with E-state index in [2.05, 4.69) is 49.0 Å². The number of nitrogens with one attached hydrogen (secondary N) is 4. The molecule has 10 heteroatoms.